The SMILES string of the molecule is [C-]#[N+]c1cc(NC(=O)N2Cc3c(nn4c3C(=O)N(C)N(CC(F)F)CC4)CC2C)ccc1F. The summed E-state index contributed by atoms with van der Waals surface area (Å²) in [5.41, 5.74) is 1.64. The molecule has 1 aromatic carbocycles. The van der Waals surface area contributed by atoms with Crippen LogP contribution in [0.25, 0.3) is 4.85 Å². The number of nitrogens with one attached hydrogen (secondary N) is 1. The number of hydrazine groups is 1. The van der Waals surface area contributed by atoms with Gasteiger partial charge in [0.15, 0.2) is 0 Å². The number of amides is 3. The topological polar surface area (TPSA) is 78.1 Å². The van der Waals surface area contributed by atoms with Gasteiger partial charge in [0.1, 0.15) is 11.5 Å². The van der Waals surface area contributed by atoms with Gasteiger partial charge in [-0.25, -0.2) is 27.8 Å². The third-order valence-corrected chi connectivity index (χ3v) is 5.90. The monoisotopic (exact) mass is 461 g/mol. The van der Waals surface area contributed by atoms with Crippen molar-refractivity contribution in [2.24, 2.45) is 0 Å². The molecular formula is C21H22F3N7O2. The maximum absolute atomic E-state index is 13.6. The maximum atomic E-state index is 13.6. The Morgan fingerprint density at radius 3 is 2.82 bits per heavy atom. The number of hydrogen-bond acceptors (Lipinski definition) is 4. The quantitative estimate of drug-likeness (QED) is 0.713. The molecule has 3 amide bonds. The molecule has 1 unspecified atom stereocenters. The van der Waals surface area contributed by atoms with Gasteiger partial charge in [0.2, 0.25) is 5.69 Å². The lowest BCUT2D eigenvalue weighted by Gasteiger charge is -2.34. The molecule has 0 spiro atoms. The fourth-order valence-corrected chi connectivity index (χ4v) is 4.15. The van der Waals surface area contributed by atoms with Crippen LogP contribution in [0.1, 0.15) is 28.7 Å². The summed E-state index contributed by atoms with van der Waals surface area (Å²) in [5.74, 6) is -1.14. The van der Waals surface area contributed by atoms with E-state index in [4.69, 9.17) is 6.57 Å². The lowest BCUT2D eigenvalue weighted by molar-refractivity contribution is -0.0262. The van der Waals surface area contributed by atoms with Gasteiger partial charge in [0.25, 0.3) is 12.3 Å². The number of urea groups is 1. The van der Waals surface area contributed by atoms with Crippen LogP contribution in [0.5, 0.6) is 0 Å². The van der Waals surface area contributed by atoms with E-state index < -0.39 is 30.7 Å². The predicted octanol–water partition coefficient (Wildman–Crippen LogP) is 3.12. The lowest BCUT2D eigenvalue weighted by Crippen LogP contribution is -2.47. The van der Waals surface area contributed by atoms with E-state index in [-0.39, 0.29) is 42.7 Å². The highest BCUT2D eigenvalue weighted by molar-refractivity contribution is 5.95. The van der Waals surface area contributed by atoms with E-state index in [0.717, 1.165) is 6.07 Å². The number of nitrogens with zero attached hydrogens (tertiary/aromatic N) is 6. The average Bonchev–Trinajstić information content (AvgIpc) is 3.07. The van der Waals surface area contributed by atoms with E-state index in [1.54, 1.807) is 0 Å². The van der Waals surface area contributed by atoms with Gasteiger partial charge in [-0.05, 0) is 25.1 Å². The van der Waals surface area contributed by atoms with Crippen LogP contribution in [0.2, 0.25) is 0 Å². The summed E-state index contributed by atoms with van der Waals surface area (Å²) in [6, 6.07) is 3.02. The number of benzene rings is 1. The number of alkyl halides is 2. The minimum Gasteiger partial charge on any atom is -0.317 e. The first-order valence-electron chi connectivity index (χ1n) is 10.3. The number of carbonyl (C=O) groups excluding carboxylic acids is 2. The van der Waals surface area contributed by atoms with Gasteiger partial charge in [-0.2, -0.15) is 5.10 Å². The molecule has 0 aliphatic carbocycles. The highest BCUT2D eigenvalue weighted by Crippen LogP contribution is 2.29. The van der Waals surface area contributed by atoms with Crippen molar-refractivity contribution in [2.75, 3.05) is 25.5 Å². The van der Waals surface area contributed by atoms with Crippen molar-refractivity contribution >= 4 is 23.3 Å². The molecule has 9 nitrogen and oxygen atoms in total. The molecule has 1 N–H and O–H groups in total. The normalized spacial score (nSPS) is 18.6. The first-order chi connectivity index (χ1) is 15.7. The molecule has 3 heterocycles. The Balaban J connectivity index is 1.58. The largest absolute Gasteiger partial charge is 0.322 e. The van der Waals surface area contributed by atoms with Gasteiger partial charge in [-0.15, -0.1) is 0 Å². The lowest BCUT2D eigenvalue weighted by atomic mass is 9.99. The zero-order chi connectivity index (χ0) is 23.9. The van der Waals surface area contributed by atoms with Crippen LogP contribution in [-0.4, -0.2) is 69.2 Å². The number of anilines is 1. The molecule has 174 valence electrons. The Kier molecular flexibility index (Phi) is 5.99. The summed E-state index contributed by atoms with van der Waals surface area (Å²) in [6.07, 6.45) is -2.17. The molecule has 2 aliphatic rings. The molecule has 0 saturated heterocycles. The molecule has 0 fully saturated rings. The maximum Gasteiger partial charge on any atom is 0.322 e. The third kappa shape index (κ3) is 4.23. The number of carbonyl (C=O) groups is 2. The van der Waals surface area contributed by atoms with Crippen molar-refractivity contribution in [3.63, 3.8) is 0 Å². The molecule has 0 bridgehead atoms. The Morgan fingerprint density at radius 2 is 2.12 bits per heavy atom. The van der Waals surface area contributed by atoms with E-state index in [0.29, 0.717) is 17.7 Å². The zero-order valence-corrected chi connectivity index (χ0v) is 18.1. The molecule has 0 radical (unpaired) electrons. The summed E-state index contributed by atoms with van der Waals surface area (Å²) in [7, 11) is 1.44. The summed E-state index contributed by atoms with van der Waals surface area (Å²) in [4.78, 5) is 30.7. The van der Waals surface area contributed by atoms with Gasteiger partial charge >= 0.3 is 6.03 Å². The summed E-state index contributed by atoms with van der Waals surface area (Å²) in [5, 5.41) is 9.67. The van der Waals surface area contributed by atoms with Crippen molar-refractivity contribution in [2.45, 2.75) is 38.9 Å². The van der Waals surface area contributed by atoms with Crippen molar-refractivity contribution in [1.29, 1.82) is 0 Å². The first kappa shape index (κ1) is 22.6. The van der Waals surface area contributed by atoms with Crippen LogP contribution in [0, 0.1) is 12.4 Å². The number of rotatable bonds is 3. The molecule has 1 atom stereocenters. The van der Waals surface area contributed by atoms with Gasteiger partial charge in [-0.1, -0.05) is 0 Å². The van der Waals surface area contributed by atoms with E-state index in [1.807, 2.05) is 6.92 Å². The molecule has 1 aromatic heterocycles. The average molecular weight is 461 g/mol. The number of fused-ring (bicyclic) bond motifs is 3. The Hall–Kier alpha value is -3.59. The molecule has 2 aromatic rings. The van der Waals surface area contributed by atoms with E-state index >= 15 is 0 Å². The molecule has 0 saturated carbocycles. The summed E-state index contributed by atoms with van der Waals surface area (Å²) < 4.78 is 41.0. The molecule has 4 rings (SSSR count). The molecule has 2 aliphatic heterocycles. The van der Waals surface area contributed by atoms with Gasteiger partial charge in [0, 0.05) is 37.3 Å². The second-order valence-electron chi connectivity index (χ2n) is 8.02. The van der Waals surface area contributed by atoms with E-state index in [1.165, 1.54) is 38.8 Å². The highest BCUT2D eigenvalue weighted by Gasteiger charge is 2.37. The minimum absolute atomic E-state index is 0.100. The fourth-order valence-electron chi connectivity index (χ4n) is 4.15. The van der Waals surface area contributed by atoms with E-state index in [9.17, 15) is 22.8 Å². The summed E-state index contributed by atoms with van der Waals surface area (Å²) in [6.45, 7) is 8.87. The standard InChI is InChI=1S/C21H22F3N7O2/c1-12-8-16-14(10-30(12)21(33)26-13-4-5-15(22)17(9-13)25-2)19-20(32)28(3)29(11-18(23)24)6-7-31(19)27-16/h4-5,9,12,18H,6-8,10-11H2,1,3H3,(H,26,33). The summed E-state index contributed by atoms with van der Waals surface area (Å²) >= 11 is 0. The first-order valence-corrected chi connectivity index (χ1v) is 10.3. The van der Waals surface area contributed by atoms with Crippen molar-refractivity contribution in [3.05, 3.63) is 52.4 Å². The molecule has 12 heteroatoms. The Bertz CT molecular complexity index is 1140. The smallest absolute Gasteiger partial charge is 0.317 e. The van der Waals surface area contributed by atoms with Gasteiger partial charge in [-0.3, -0.25) is 14.5 Å². The zero-order valence-electron chi connectivity index (χ0n) is 18.1. The van der Waals surface area contributed by atoms with Crippen molar-refractivity contribution in [1.82, 2.24) is 24.7 Å². The van der Waals surface area contributed by atoms with Crippen LogP contribution in [0.3, 0.4) is 0 Å². The van der Waals surface area contributed by atoms with Crippen molar-refractivity contribution in [3.8, 4) is 0 Å². The van der Waals surface area contributed by atoms with Crippen LogP contribution in [0.15, 0.2) is 18.2 Å². The van der Waals surface area contributed by atoms with Crippen LogP contribution < -0.4 is 5.32 Å². The van der Waals surface area contributed by atoms with Gasteiger partial charge in [0.05, 0.1) is 31.9 Å². The second-order valence-corrected chi connectivity index (χ2v) is 8.02. The van der Waals surface area contributed by atoms with Crippen LogP contribution in [-0.2, 0) is 19.5 Å². The van der Waals surface area contributed by atoms with Crippen LogP contribution in [0.4, 0.5) is 29.3 Å². The Labute approximate surface area is 188 Å². The third-order valence-electron chi connectivity index (χ3n) is 5.90. The Morgan fingerprint density at radius 1 is 1.36 bits per heavy atom. The molecular weight excluding hydrogens is 439 g/mol. The predicted molar refractivity (Wildman–Crippen MR) is 112 cm³/mol. The van der Waals surface area contributed by atoms with E-state index in [2.05, 4.69) is 15.3 Å². The fraction of sp³-hybridized carbons (Fsp3) is 0.429. The van der Waals surface area contributed by atoms with Crippen molar-refractivity contribution < 1.29 is 22.8 Å². The van der Waals surface area contributed by atoms with Crippen LogP contribution >= 0.6 is 0 Å². The number of aromatic nitrogens is 2. The molecule has 33 heavy (non-hydrogen) atoms. The minimum atomic E-state index is -2.59. The number of hydrogen-bond donors (Lipinski definition) is 1. The second kappa shape index (κ2) is 8.74. The number of halogens is 3. The highest BCUT2D eigenvalue weighted by atomic mass is 19.3. The van der Waals surface area contributed by atoms with Gasteiger partial charge < -0.3 is 10.2 Å².